The molecule has 0 fully saturated rings. The van der Waals surface area contributed by atoms with Crippen LogP contribution < -0.4 is 4.74 Å². The van der Waals surface area contributed by atoms with Crippen LogP contribution in [0.1, 0.15) is 32.8 Å². The molecule has 1 heterocycles. The van der Waals surface area contributed by atoms with Crippen LogP contribution in [0.15, 0.2) is 23.1 Å². The van der Waals surface area contributed by atoms with Crippen molar-refractivity contribution in [2.75, 3.05) is 0 Å². The van der Waals surface area contributed by atoms with Crippen LogP contribution in [-0.2, 0) is 15.5 Å². The van der Waals surface area contributed by atoms with Gasteiger partial charge in [0.05, 0.1) is 4.90 Å². The molecule has 1 aromatic carbocycles. The molecule has 0 amide bonds. The molecule has 1 unspecified atom stereocenters. The van der Waals surface area contributed by atoms with Gasteiger partial charge in [-0.3, -0.25) is 4.55 Å². The minimum absolute atomic E-state index is 0.0362. The van der Waals surface area contributed by atoms with Crippen LogP contribution in [0.5, 0.6) is 5.75 Å². The molecule has 0 radical (unpaired) electrons. The second-order valence-corrected chi connectivity index (χ2v) is 6.29. The van der Waals surface area contributed by atoms with Gasteiger partial charge < -0.3 is 4.74 Å². The second kappa shape index (κ2) is 3.71. The van der Waals surface area contributed by atoms with Gasteiger partial charge in [-0.1, -0.05) is 20.8 Å². The smallest absolute Gasteiger partial charge is 0.294 e. The van der Waals surface area contributed by atoms with Gasteiger partial charge in [-0.25, -0.2) is 0 Å². The van der Waals surface area contributed by atoms with E-state index in [1.807, 2.05) is 20.8 Å². The number of hydrogen-bond donors (Lipinski definition) is 1. The fourth-order valence-electron chi connectivity index (χ4n) is 2.34. The molecule has 1 N–H and O–H groups in total. The number of benzene rings is 1. The van der Waals surface area contributed by atoms with Gasteiger partial charge >= 0.3 is 0 Å². The summed E-state index contributed by atoms with van der Waals surface area (Å²) >= 11 is 0. The number of rotatable bonds is 2. The molecule has 4 nitrogen and oxygen atoms in total. The van der Waals surface area contributed by atoms with Crippen molar-refractivity contribution in [1.82, 2.24) is 0 Å². The minimum atomic E-state index is -4.15. The van der Waals surface area contributed by atoms with Gasteiger partial charge in [0.2, 0.25) is 0 Å². The van der Waals surface area contributed by atoms with E-state index in [0.29, 0.717) is 5.75 Å². The molecule has 1 aliphatic rings. The molecule has 0 spiro atoms. The summed E-state index contributed by atoms with van der Waals surface area (Å²) in [6.07, 6.45) is 0.886. The molecule has 0 saturated heterocycles. The Hall–Kier alpha value is -1.07. The zero-order chi connectivity index (χ0) is 12.8. The van der Waals surface area contributed by atoms with Gasteiger partial charge in [0.25, 0.3) is 10.1 Å². The Balaban J connectivity index is 2.56. The third-order valence-electron chi connectivity index (χ3n) is 3.39. The molecule has 0 bridgehead atoms. The van der Waals surface area contributed by atoms with Crippen molar-refractivity contribution in [2.24, 2.45) is 0 Å². The predicted octanol–water partition coefficient (Wildman–Crippen LogP) is 2.38. The first-order valence-corrected chi connectivity index (χ1v) is 6.99. The highest BCUT2D eigenvalue weighted by Crippen LogP contribution is 2.44. The van der Waals surface area contributed by atoms with Crippen LogP contribution in [0.3, 0.4) is 0 Å². The summed E-state index contributed by atoms with van der Waals surface area (Å²) in [4.78, 5) is -0.0790. The SMILES string of the molecule is CCC1Oc2ccc(S(=O)(=O)O)cc2C1(C)C. The largest absolute Gasteiger partial charge is 0.489 e. The lowest BCUT2D eigenvalue weighted by atomic mass is 9.80. The summed E-state index contributed by atoms with van der Waals surface area (Å²) in [6, 6.07) is 4.47. The van der Waals surface area contributed by atoms with E-state index in [9.17, 15) is 8.42 Å². The highest BCUT2D eigenvalue weighted by molar-refractivity contribution is 7.85. The third kappa shape index (κ3) is 1.93. The van der Waals surface area contributed by atoms with Crippen molar-refractivity contribution in [2.45, 2.75) is 43.6 Å². The molecule has 17 heavy (non-hydrogen) atoms. The van der Waals surface area contributed by atoms with E-state index in [4.69, 9.17) is 9.29 Å². The molecular formula is C12H16O4S. The van der Waals surface area contributed by atoms with Crippen LogP contribution in [0, 0.1) is 0 Å². The second-order valence-electron chi connectivity index (χ2n) is 4.87. The van der Waals surface area contributed by atoms with Crippen LogP contribution >= 0.6 is 0 Å². The topological polar surface area (TPSA) is 63.6 Å². The zero-order valence-electron chi connectivity index (χ0n) is 10.1. The van der Waals surface area contributed by atoms with Crippen molar-refractivity contribution in [3.8, 4) is 5.75 Å². The predicted molar refractivity (Wildman–Crippen MR) is 64.0 cm³/mol. The lowest BCUT2D eigenvalue weighted by Crippen LogP contribution is -2.31. The monoisotopic (exact) mass is 256 g/mol. The molecule has 0 aliphatic carbocycles. The number of fused-ring (bicyclic) bond motifs is 1. The first-order chi connectivity index (χ1) is 7.76. The van der Waals surface area contributed by atoms with Crippen molar-refractivity contribution in [3.05, 3.63) is 23.8 Å². The third-order valence-corrected chi connectivity index (χ3v) is 4.24. The van der Waals surface area contributed by atoms with Gasteiger partial charge in [0.1, 0.15) is 11.9 Å². The van der Waals surface area contributed by atoms with Crippen LogP contribution in [0.25, 0.3) is 0 Å². The maximum atomic E-state index is 11.1. The Morgan fingerprint density at radius 3 is 2.59 bits per heavy atom. The summed E-state index contributed by atoms with van der Waals surface area (Å²) in [5.74, 6) is 0.703. The lowest BCUT2D eigenvalue weighted by molar-refractivity contribution is 0.161. The van der Waals surface area contributed by atoms with Gasteiger partial charge in [0, 0.05) is 11.0 Å². The molecule has 94 valence electrons. The average Bonchev–Trinajstić information content (AvgIpc) is 2.48. The lowest BCUT2D eigenvalue weighted by Gasteiger charge is -2.24. The van der Waals surface area contributed by atoms with Gasteiger partial charge in [-0.05, 0) is 24.6 Å². The highest BCUT2D eigenvalue weighted by Gasteiger charge is 2.40. The molecule has 0 aromatic heterocycles. The van der Waals surface area contributed by atoms with Crippen molar-refractivity contribution >= 4 is 10.1 Å². The maximum absolute atomic E-state index is 11.1. The Labute approximate surface area is 101 Å². The average molecular weight is 256 g/mol. The quantitative estimate of drug-likeness (QED) is 0.825. The summed E-state index contributed by atoms with van der Waals surface area (Å²) < 4.78 is 37.0. The van der Waals surface area contributed by atoms with E-state index >= 15 is 0 Å². The Morgan fingerprint density at radius 1 is 1.41 bits per heavy atom. The van der Waals surface area contributed by atoms with E-state index in [2.05, 4.69) is 0 Å². The summed E-state index contributed by atoms with van der Waals surface area (Å²) in [5.41, 5.74) is 0.588. The molecule has 1 aliphatic heterocycles. The standard InChI is InChI=1S/C12H16O4S/c1-4-11-12(2,3)9-7-8(17(13,14)15)5-6-10(9)16-11/h5-7,11H,4H2,1-3H3,(H,13,14,15). The number of ether oxygens (including phenoxy) is 1. The van der Waals surface area contributed by atoms with Crippen molar-refractivity contribution in [1.29, 1.82) is 0 Å². The van der Waals surface area contributed by atoms with E-state index < -0.39 is 10.1 Å². The molecule has 5 heteroatoms. The first-order valence-electron chi connectivity index (χ1n) is 5.55. The molecule has 1 atom stereocenters. The Morgan fingerprint density at radius 2 is 2.06 bits per heavy atom. The fourth-order valence-corrected chi connectivity index (χ4v) is 2.85. The Bertz CT molecular complexity index is 546. The van der Waals surface area contributed by atoms with Crippen molar-refractivity contribution < 1.29 is 17.7 Å². The summed E-state index contributed by atoms with van der Waals surface area (Å²) in [7, 11) is -4.15. The Kier molecular flexibility index (Phi) is 2.71. The first kappa shape index (κ1) is 12.4. The molecule has 2 rings (SSSR count). The molecule has 0 saturated carbocycles. The van der Waals surface area contributed by atoms with Crippen LogP contribution in [0.2, 0.25) is 0 Å². The fraction of sp³-hybridized carbons (Fsp3) is 0.500. The number of hydrogen-bond acceptors (Lipinski definition) is 3. The van der Waals surface area contributed by atoms with Crippen LogP contribution in [-0.4, -0.2) is 19.1 Å². The maximum Gasteiger partial charge on any atom is 0.294 e. The zero-order valence-corrected chi connectivity index (χ0v) is 10.9. The molecule has 1 aromatic rings. The van der Waals surface area contributed by atoms with E-state index in [0.717, 1.165) is 12.0 Å². The van der Waals surface area contributed by atoms with Gasteiger partial charge in [-0.15, -0.1) is 0 Å². The van der Waals surface area contributed by atoms with Gasteiger partial charge in [-0.2, -0.15) is 8.42 Å². The normalized spacial score (nSPS) is 22.0. The van der Waals surface area contributed by atoms with Crippen LogP contribution in [0.4, 0.5) is 0 Å². The highest BCUT2D eigenvalue weighted by atomic mass is 32.2. The molecular weight excluding hydrogens is 240 g/mol. The van der Waals surface area contributed by atoms with E-state index in [1.54, 1.807) is 6.07 Å². The van der Waals surface area contributed by atoms with Crippen molar-refractivity contribution in [3.63, 3.8) is 0 Å². The summed E-state index contributed by atoms with van der Waals surface area (Å²) in [6.45, 7) is 6.06. The van der Waals surface area contributed by atoms with E-state index in [-0.39, 0.29) is 16.4 Å². The summed E-state index contributed by atoms with van der Waals surface area (Å²) in [5, 5.41) is 0. The van der Waals surface area contributed by atoms with Gasteiger partial charge in [0.15, 0.2) is 0 Å². The minimum Gasteiger partial charge on any atom is -0.489 e. The van der Waals surface area contributed by atoms with E-state index in [1.165, 1.54) is 12.1 Å².